The third kappa shape index (κ3) is 3.41. The van der Waals surface area contributed by atoms with Gasteiger partial charge >= 0.3 is 0 Å². The molecular weight excluding hydrogens is 308 g/mol. The number of carbonyl (C=O) groups is 1. The van der Waals surface area contributed by atoms with E-state index in [2.05, 4.69) is 21.6 Å². The van der Waals surface area contributed by atoms with Gasteiger partial charge in [-0.1, -0.05) is 0 Å². The number of pyridine rings is 1. The Balaban J connectivity index is 1.77. The number of aryl methyl sites for hydroxylation is 1. The lowest BCUT2D eigenvalue weighted by molar-refractivity contribution is 0.0927. The largest absolute Gasteiger partial charge is 0.480 e. The van der Waals surface area contributed by atoms with Gasteiger partial charge in [0.05, 0.1) is 32.0 Å². The number of amides is 1. The summed E-state index contributed by atoms with van der Waals surface area (Å²) in [4.78, 5) is 16.7. The van der Waals surface area contributed by atoms with Crippen molar-refractivity contribution < 1.29 is 14.3 Å². The summed E-state index contributed by atoms with van der Waals surface area (Å²) < 4.78 is 12.2. The predicted molar refractivity (Wildman–Crippen MR) is 88.0 cm³/mol. The molecule has 1 atom stereocenters. The van der Waals surface area contributed by atoms with Crippen molar-refractivity contribution in [2.75, 3.05) is 20.8 Å². The molecule has 2 heterocycles. The summed E-state index contributed by atoms with van der Waals surface area (Å²) in [6.07, 6.45) is 6.55. The number of ether oxygens (including phenoxy) is 2. The van der Waals surface area contributed by atoms with Crippen LogP contribution in [0.2, 0.25) is 0 Å². The molecule has 2 aromatic rings. The van der Waals surface area contributed by atoms with Crippen LogP contribution in [-0.4, -0.2) is 41.5 Å². The average Bonchev–Trinajstić information content (AvgIpc) is 3.04. The highest BCUT2D eigenvalue weighted by Crippen LogP contribution is 2.29. The number of nitrogens with zero attached hydrogens (tertiary/aromatic N) is 3. The van der Waals surface area contributed by atoms with Gasteiger partial charge < -0.3 is 14.8 Å². The highest BCUT2D eigenvalue weighted by molar-refractivity contribution is 5.96. The molecule has 0 aromatic carbocycles. The van der Waals surface area contributed by atoms with Crippen molar-refractivity contribution in [3.63, 3.8) is 0 Å². The number of carbonyl (C=O) groups excluding carboxylic acids is 1. The minimum atomic E-state index is -0.191. The normalized spacial score (nSPS) is 16.5. The molecule has 1 amide bonds. The van der Waals surface area contributed by atoms with Gasteiger partial charge in [0.25, 0.3) is 5.91 Å². The molecule has 0 bridgehead atoms. The van der Waals surface area contributed by atoms with E-state index in [0.717, 1.165) is 25.0 Å². The van der Waals surface area contributed by atoms with Gasteiger partial charge in [0, 0.05) is 19.5 Å². The highest BCUT2D eigenvalue weighted by atomic mass is 16.5. The van der Waals surface area contributed by atoms with Crippen LogP contribution >= 0.6 is 0 Å². The monoisotopic (exact) mass is 330 g/mol. The molecule has 2 aromatic heterocycles. The Labute approximate surface area is 141 Å². The molecule has 1 aliphatic rings. The molecule has 7 heteroatoms. The third-order valence-corrected chi connectivity index (χ3v) is 4.18. The van der Waals surface area contributed by atoms with Gasteiger partial charge in [-0.2, -0.15) is 5.10 Å². The SMILES string of the molecule is COCCn1cc2c(n1)[C@H](NC(=O)c1cccnc1OC)CCC2. The molecule has 0 spiro atoms. The Kier molecular flexibility index (Phi) is 5.10. The maximum atomic E-state index is 12.6. The first kappa shape index (κ1) is 16.4. The minimum Gasteiger partial charge on any atom is -0.480 e. The second kappa shape index (κ2) is 7.44. The molecule has 0 saturated carbocycles. The highest BCUT2D eigenvalue weighted by Gasteiger charge is 2.26. The van der Waals surface area contributed by atoms with Crippen molar-refractivity contribution in [2.45, 2.75) is 31.8 Å². The molecule has 0 fully saturated rings. The zero-order valence-electron chi connectivity index (χ0n) is 14.0. The smallest absolute Gasteiger partial charge is 0.257 e. The van der Waals surface area contributed by atoms with Crippen molar-refractivity contribution >= 4 is 5.91 Å². The summed E-state index contributed by atoms with van der Waals surface area (Å²) in [6.45, 7) is 1.32. The van der Waals surface area contributed by atoms with Crippen molar-refractivity contribution in [1.29, 1.82) is 0 Å². The minimum absolute atomic E-state index is 0.0880. The van der Waals surface area contributed by atoms with Gasteiger partial charge in [0.2, 0.25) is 5.88 Å². The summed E-state index contributed by atoms with van der Waals surface area (Å²) in [5.41, 5.74) is 2.58. The molecule has 1 N–H and O–H groups in total. The molecule has 0 unspecified atom stereocenters. The zero-order valence-corrected chi connectivity index (χ0v) is 14.0. The number of hydrogen-bond donors (Lipinski definition) is 1. The molecule has 7 nitrogen and oxygen atoms in total. The van der Waals surface area contributed by atoms with E-state index in [1.54, 1.807) is 25.4 Å². The number of rotatable bonds is 6. The van der Waals surface area contributed by atoms with Gasteiger partial charge in [0.1, 0.15) is 5.56 Å². The van der Waals surface area contributed by atoms with Crippen LogP contribution in [0.15, 0.2) is 24.5 Å². The van der Waals surface area contributed by atoms with Crippen LogP contribution in [-0.2, 0) is 17.7 Å². The van der Waals surface area contributed by atoms with E-state index in [0.29, 0.717) is 24.6 Å². The number of aromatic nitrogens is 3. The lowest BCUT2D eigenvalue weighted by Gasteiger charge is -2.22. The van der Waals surface area contributed by atoms with Crippen LogP contribution in [0.25, 0.3) is 0 Å². The Morgan fingerprint density at radius 3 is 3.12 bits per heavy atom. The van der Waals surface area contributed by atoms with Crippen LogP contribution in [0.4, 0.5) is 0 Å². The molecular formula is C17H22N4O3. The fourth-order valence-electron chi connectivity index (χ4n) is 3.00. The Bertz CT molecular complexity index is 714. The quantitative estimate of drug-likeness (QED) is 0.873. The molecule has 24 heavy (non-hydrogen) atoms. The van der Waals surface area contributed by atoms with Crippen molar-refractivity contribution in [1.82, 2.24) is 20.1 Å². The molecule has 128 valence electrons. The molecule has 0 aliphatic heterocycles. The molecule has 0 saturated heterocycles. The topological polar surface area (TPSA) is 78.3 Å². The van der Waals surface area contributed by atoms with Crippen LogP contribution in [0, 0.1) is 0 Å². The van der Waals surface area contributed by atoms with E-state index in [-0.39, 0.29) is 11.9 Å². The molecule has 0 radical (unpaired) electrons. The van der Waals surface area contributed by atoms with Gasteiger partial charge in [-0.3, -0.25) is 9.48 Å². The number of methoxy groups -OCH3 is 2. The van der Waals surface area contributed by atoms with E-state index >= 15 is 0 Å². The van der Waals surface area contributed by atoms with Gasteiger partial charge in [0.15, 0.2) is 0 Å². The van der Waals surface area contributed by atoms with E-state index < -0.39 is 0 Å². The van der Waals surface area contributed by atoms with Crippen molar-refractivity contribution in [2.24, 2.45) is 0 Å². The Hall–Kier alpha value is -2.41. The van der Waals surface area contributed by atoms with Gasteiger partial charge in [-0.15, -0.1) is 0 Å². The Morgan fingerprint density at radius 1 is 1.46 bits per heavy atom. The first-order valence-corrected chi connectivity index (χ1v) is 8.08. The second-order valence-corrected chi connectivity index (χ2v) is 5.77. The summed E-state index contributed by atoms with van der Waals surface area (Å²) in [6, 6.07) is 3.35. The van der Waals surface area contributed by atoms with E-state index in [1.165, 1.54) is 12.7 Å². The summed E-state index contributed by atoms with van der Waals surface area (Å²) in [5.74, 6) is 0.140. The molecule has 1 aliphatic carbocycles. The third-order valence-electron chi connectivity index (χ3n) is 4.18. The zero-order chi connectivity index (χ0) is 16.9. The summed E-state index contributed by atoms with van der Waals surface area (Å²) in [7, 11) is 3.18. The summed E-state index contributed by atoms with van der Waals surface area (Å²) in [5, 5.41) is 7.70. The standard InChI is InChI=1S/C17H22N4O3/c1-23-10-9-21-11-12-5-3-7-14(15(12)20-21)19-16(22)13-6-4-8-18-17(13)24-2/h4,6,8,11,14H,3,5,7,9-10H2,1-2H3,(H,19,22)/t14-/m1/s1. The number of hydrogen-bond acceptors (Lipinski definition) is 5. The van der Waals surface area contributed by atoms with Crippen LogP contribution < -0.4 is 10.1 Å². The second-order valence-electron chi connectivity index (χ2n) is 5.77. The lowest BCUT2D eigenvalue weighted by Crippen LogP contribution is -2.31. The van der Waals surface area contributed by atoms with E-state index in [4.69, 9.17) is 9.47 Å². The predicted octanol–water partition coefficient (Wildman–Crippen LogP) is 1.74. The van der Waals surface area contributed by atoms with Crippen LogP contribution in [0.3, 0.4) is 0 Å². The first-order chi connectivity index (χ1) is 11.7. The maximum absolute atomic E-state index is 12.6. The van der Waals surface area contributed by atoms with E-state index in [9.17, 15) is 4.79 Å². The number of nitrogens with one attached hydrogen (secondary N) is 1. The molecule has 3 rings (SSSR count). The first-order valence-electron chi connectivity index (χ1n) is 8.08. The lowest BCUT2D eigenvalue weighted by atomic mass is 9.93. The fourth-order valence-corrected chi connectivity index (χ4v) is 3.00. The van der Waals surface area contributed by atoms with Crippen LogP contribution in [0.5, 0.6) is 5.88 Å². The number of fused-ring (bicyclic) bond motifs is 1. The van der Waals surface area contributed by atoms with Gasteiger partial charge in [-0.25, -0.2) is 4.98 Å². The van der Waals surface area contributed by atoms with E-state index in [1.807, 2.05) is 4.68 Å². The van der Waals surface area contributed by atoms with Crippen molar-refractivity contribution in [3.05, 3.63) is 41.3 Å². The average molecular weight is 330 g/mol. The maximum Gasteiger partial charge on any atom is 0.257 e. The van der Waals surface area contributed by atoms with Gasteiger partial charge in [-0.05, 0) is 37.0 Å². The Morgan fingerprint density at radius 2 is 2.33 bits per heavy atom. The van der Waals surface area contributed by atoms with Crippen molar-refractivity contribution in [3.8, 4) is 5.88 Å². The van der Waals surface area contributed by atoms with Crippen LogP contribution in [0.1, 0.15) is 40.5 Å². The summed E-state index contributed by atoms with van der Waals surface area (Å²) >= 11 is 0. The fraction of sp³-hybridized carbons (Fsp3) is 0.471.